The molecule has 4 aliphatic carbocycles. The quantitative estimate of drug-likeness (QED) is 0.672. The molecule has 0 spiro atoms. The summed E-state index contributed by atoms with van der Waals surface area (Å²) in [5.74, 6) is 1.40. The standard InChI is InChI=1S/C21H28N2O5/c1-27-16-4-15(5-17(6-16)28-2)19(25)23-22-18(24)11-20-7-13-3-14(8-20)10-21(26,9-13)12-20/h4-6,13-14,26H,3,7-12H2,1-2H3,(H,22,24)(H,23,25)/t13-,14+,20?,21?. The Morgan fingerprint density at radius 3 is 2.18 bits per heavy atom. The molecule has 4 saturated carbocycles. The summed E-state index contributed by atoms with van der Waals surface area (Å²) in [6, 6.07) is 4.84. The summed E-state index contributed by atoms with van der Waals surface area (Å²) in [5.41, 5.74) is 4.63. The molecule has 1 aromatic rings. The van der Waals surface area contributed by atoms with Gasteiger partial charge in [-0.1, -0.05) is 0 Å². The van der Waals surface area contributed by atoms with Gasteiger partial charge in [-0.05, 0) is 67.9 Å². The molecule has 0 heterocycles. The van der Waals surface area contributed by atoms with Crippen LogP contribution in [0.5, 0.6) is 11.5 Å². The van der Waals surface area contributed by atoms with E-state index in [2.05, 4.69) is 10.9 Å². The zero-order valence-corrected chi connectivity index (χ0v) is 16.4. The van der Waals surface area contributed by atoms with Crippen molar-refractivity contribution in [3.63, 3.8) is 0 Å². The molecule has 2 unspecified atom stereocenters. The Hall–Kier alpha value is -2.28. The maximum Gasteiger partial charge on any atom is 0.269 e. The first kappa shape index (κ1) is 19.1. The van der Waals surface area contributed by atoms with Crippen LogP contribution in [0, 0.1) is 17.3 Å². The highest BCUT2D eigenvalue weighted by Crippen LogP contribution is 2.62. The minimum absolute atomic E-state index is 0.132. The summed E-state index contributed by atoms with van der Waals surface area (Å²) >= 11 is 0. The van der Waals surface area contributed by atoms with Gasteiger partial charge >= 0.3 is 0 Å². The highest BCUT2D eigenvalue weighted by atomic mass is 16.5. The molecule has 7 nitrogen and oxygen atoms in total. The largest absolute Gasteiger partial charge is 0.497 e. The normalized spacial score (nSPS) is 32.7. The molecule has 5 rings (SSSR count). The number of ether oxygens (including phenoxy) is 2. The molecular formula is C21H28N2O5. The summed E-state index contributed by atoms with van der Waals surface area (Å²) in [5, 5.41) is 10.8. The number of benzene rings is 1. The van der Waals surface area contributed by atoms with Gasteiger partial charge in [-0.2, -0.15) is 0 Å². The first-order valence-corrected chi connectivity index (χ1v) is 9.87. The van der Waals surface area contributed by atoms with Crippen molar-refractivity contribution < 1.29 is 24.2 Å². The van der Waals surface area contributed by atoms with Crippen LogP contribution in [0.2, 0.25) is 0 Å². The highest BCUT2D eigenvalue weighted by molar-refractivity contribution is 5.96. The molecule has 3 N–H and O–H groups in total. The van der Waals surface area contributed by atoms with E-state index in [0.717, 1.165) is 25.7 Å². The molecule has 4 fully saturated rings. The molecule has 4 bridgehead atoms. The summed E-state index contributed by atoms with van der Waals surface area (Å²) in [6.45, 7) is 0. The fourth-order valence-corrected chi connectivity index (χ4v) is 6.13. The van der Waals surface area contributed by atoms with Gasteiger partial charge in [0.15, 0.2) is 0 Å². The number of hydrogen-bond donors (Lipinski definition) is 3. The second-order valence-corrected chi connectivity index (χ2v) is 8.97. The number of carbonyl (C=O) groups excluding carboxylic acids is 2. The Balaban J connectivity index is 1.37. The Bertz CT molecular complexity index is 757. The van der Waals surface area contributed by atoms with E-state index in [-0.39, 0.29) is 11.3 Å². The molecule has 4 atom stereocenters. The minimum atomic E-state index is -0.593. The van der Waals surface area contributed by atoms with Crippen molar-refractivity contribution in [3.05, 3.63) is 23.8 Å². The lowest BCUT2D eigenvalue weighted by atomic mass is 9.47. The number of amides is 2. The molecule has 2 amide bonds. The number of hydrogen-bond acceptors (Lipinski definition) is 5. The molecule has 1 aromatic carbocycles. The van der Waals surface area contributed by atoms with Gasteiger partial charge in [0.25, 0.3) is 5.91 Å². The van der Waals surface area contributed by atoms with E-state index in [1.807, 2.05) is 0 Å². The van der Waals surface area contributed by atoms with E-state index in [0.29, 0.717) is 41.7 Å². The molecule has 0 saturated heterocycles. The van der Waals surface area contributed by atoms with Crippen molar-refractivity contribution in [1.29, 1.82) is 0 Å². The molecule has 4 aliphatic rings. The van der Waals surface area contributed by atoms with Gasteiger partial charge in [0, 0.05) is 18.1 Å². The van der Waals surface area contributed by atoms with Gasteiger partial charge in [-0.15, -0.1) is 0 Å². The van der Waals surface area contributed by atoms with E-state index in [4.69, 9.17) is 9.47 Å². The van der Waals surface area contributed by atoms with Crippen molar-refractivity contribution in [2.45, 2.75) is 50.5 Å². The molecule has 7 heteroatoms. The van der Waals surface area contributed by atoms with Crippen molar-refractivity contribution in [1.82, 2.24) is 10.9 Å². The van der Waals surface area contributed by atoms with Gasteiger partial charge in [0.05, 0.1) is 19.8 Å². The summed E-state index contributed by atoms with van der Waals surface area (Å²) in [7, 11) is 3.02. The number of aliphatic hydroxyl groups is 1. The van der Waals surface area contributed by atoms with Crippen LogP contribution in [0.3, 0.4) is 0 Å². The lowest BCUT2D eigenvalue weighted by Gasteiger charge is -2.60. The van der Waals surface area contributed by atoms with Crippen LogP contribution in [-0.2, 0) is 4.79 Å². The molecule has 152 valence electrons. The summed E-state index contributed by atoms with van der Waals surface area (Å²) in [6.07, 6.45) is 5.97. The zero-order valence-electron chi connectivity index (χ0n) is 16.4. The van der Waals surface area contributed by atoms with E-state index < -0.39 is 11.5 Å². The molecule has 0 radical (unpaired) electrons. The van der Waals surface area contributed by atoms with Gasteiger partial charge in [0.1, 0.15) is 11.5 Å². The lowest BCUT2D eigenvalue weighted by Crippen LogP contribution is -2.57. The fourth-order valence-electron chi connectivity index (χ4n) is 6.13. The van der Waals surface area contributed by atoms with Crippen LogP contribution < -0.4 is 20.3 Å². The van der Waals surface area contributed by atoms with Crippen LogP contribution in [0.25, 0.3) is 0 Å². The van der Waals surface area contributed by atoms with Crippen LogP contribution in [0.15, 0.2) is 18.2 Å². The predicted molar refractivity (Wildman–Crippen MR) is 102 cm³/mol. The van der Waals surface area contributed by atoms with Crippen LogP contribution in [0.1, 0.15) is 55.3 Å². The minimum Gasteiger partial charge on any atom is -0.497 e. The van der Waals surface area contributed by atoms with E-state index in [1.54, 1.807) is 18.2 Å². The van der Waals surface area contributed by atoms with Crippen molar-refractivity contribution in [3.8, 4) is 11.5 Å². The third kappa shape index (κ3) is 3.68. The number of rotatable bonds is 5. The van der Waals surface area contributed by atoms with Gasteiger partial charge < -0.3 is 14.6 Å². The molecule has 0 aliphatic heterocycles. The zero-order chi connectivity index (χ0) is 19.9. The Morgan fingerprint density at radius 1 is 1.04 bits per heavy atom. The fraction of sp³-hybridized carbons (Fsp3) is 0.619. The smallest absolute Gasteiger partial charge is 0.269 e. The second kappa shape index (κ2) is 6.95. The highest BCUT2D eigenvalue weighted by Gasteiger charge is 2.57. The van der Waals surface area contributed by atoms with E-state index >= 15 is 0 Å². The van der Waals surface area contributed by atoms with Gasteiger partial charge in [0.2, 0.25) is 5.91 Å². The summed E-state index contributed by atoms with van der Waals surface area (Å²) < 4.78 is 10.3. The maximum absolute atomic E-state index is 12.6. The van der Waals surface area contributed by atoms with Crippen molar-refractivity contribution in [2.24, 2.45) is 17.3 Å². The van der Waals surface area contributed by atoms with Crippen molar-refractivity contribution in [2.75, 3.05) is 14.2 Å². The first-order chi connectivity index (χ1) is 13.3. The van der Waals surface area contributed by atoms with Crippen molar-refractivity contribution >= 4 is 11.8 Å². The van der Waals surface area contributed by atoms with Gasteiger partial charge in [-0.3, -0.25) is 20.4 Å². The predicted octanol–water partition coefficient (Wildman–Crippen LogP) is 2.19. The third-order valence-corrected chi connectivity index (χ3v) is 6.62. The lowest BCUT2D eigenvalue weighted by molar-refractivity contribution is -0.169. The monoisotopic (exact) mass is 388 g/mol. The van der Waals surface area contributed by atoms with Gasteiger partial charge in [-0.25, -0.2) is 0 Å². The Labute approximate surface area is 164 Å². The third-order valence-electron chi connectivity index (χ3n) is 6.62. The molecule has 28 heavy (non-hydrogen) atoms. The average Bonchev–Trinajstić information content (AvgIpc) is 2.63. The van der Waals surface area contributed by atoms with Crippen LogP contribution in [0.4, 0.5) is 0 Å². The number of methoxy groups -OCH3 is 2. The van der Waals surface area contributed by atoms with Crippen LogP contribution >= 0.6 is 0 Å². The molecular weight excluding hydrogens is 360 g/mol. The topological polar surface area (TPSA) is 96.9 Å². The average molecular weight is 388 g/mol. The van der Waals surface area contributed by atoms with Crippen LogP contribution in [-0.4, -0.2) is 36.7 Å². The number of carbonyl (C=O) groups is 2. The SMILES string of the molecule is COc1cc(OC)cc(C(=O)NNC(=O)CC23C[C@@H]4C[C@@H](CC(O)(C4)C2)C3)c1. The van der Waals surface area contributed by atoms with E-state index in [1.165, 1.54) is 20.6 Å². The maximum atomic E-state index is 12.6. The first-order valence-electron chi connectivity index (χ1n) is 9.87. The van der Waals surface area contributed by atoms with E-state index in [9.17, 15) is 14.7 Å². The molecule has 0 aromatic heterocycles. The number of hydrazine groups is 1. The Kier molecular flexibility index (Phi) is 4.73. The Morgan fingerprint density at radius 2 is 1.64 bits per heavy atom. The second-order valence-electron chi connectivity index (χ2n) is 8.97. The summed E-state index contributed by atoms with van der Waals surface area (Å²) in [4.78, 5) is 25.0. The number of nitrogens with one attached hydrogen (secondary N) is 2.